The molecule has 0 N–H and O–H groups in total. The van der Waals surface area contributed by atoms with Crippen LogP contribution in [0.4, 0.5) is 5.69 Å². The molecule has 0 unspecified atom stereocenters. The first-order chi connectivity index (χ1) is 16.0. The molecule has 0 atom stereocenters. The van der Waals surface area contributed by atoms with E-state index in [2.05, 4.69) is 4.98 Å². The van der Waals surface area contributed by atoms with E-state index in [0.717, 1.165) is 15.6 Å². The highest BCUT2D eigenvalue weighted by Crippen LogP contribution is 2.27. The summed E-state index contributed by atoms with van der Waals surface area (Å²) in [6.07, 6.45) is 0. The molecule has 9 heteroatoms. The number of benzene rings is 2. The summed E-state index contributed by atoms with van der Waals surface area (Å²) in [6, 6.07) is 15.8. The lowest BCUT2D eigenvalue weighted by Crippen LogP contribution is -2.39. The third-order valence-electron chi connectivity index (χ3n) is 4.44. The van der Waals surface area contributed by atoms with Gasteiger partial charge in [-0.25, -0.2) is 9.78 Å². The number of thiazole rings is 1. The van der Waals surface area contributed by atoms with Gasteiger partial charge in [0.25, 0.3) is 5.91 Å². The molecule has 1 heterocycles. The fourth-order valence-corrected chi connectivity index (χ4v) is 4.59. The Morgan fingerprint density at radius 1 is 1.03 bits per heavy atom. The zero-order chi connectivity index (χ0) is 23.6. The van der Waals surface area contributed by atoms with Gasteiger partial charge in [-0.05, 0) is 38.1 Å². The van der Waals surface area contributed by atoms with Crippen LogP contribution in [0.15, 0.2) is 64.9 Å². The van der Waals surface area contributed by atoms with Crippen molar-refractivity contribution >= 4 is 46.6 Å². The lowest BCUT2D eigenvalue weighted by molar-refractivity contribution is -0.142. The van der Waals surface area contributed by atoms with Gasteiger partial charge >= 0.3 is 11.9 Å². The fourth-order valence-electron chi connectivity index (χ4n) is 2.94. The highest BCUT2D eigenvalue weighted by atomic mass is 32.2. The Labute approximate surface area is 200 Å². The van der Waals surface area contributed by atoms with Gasteiger partial charge in [0.2, 0.25) is 0 Å². The third-order valence-corrected chi connectivity index (χ3v) is 6.37. The minimum absolute atomic E-state index is 0.208. The van der Waals surface area contributed by atoms with Crippen molar-refractivity contribution < 1.29 is 23.9 Å². The van der Waals surface area contributed by atoms with Gasteiger partial charge in [-0.1, -0.05) is 30.3 Å². The lowest BCUT2D eigenvalue weighted by Gasteiger charge is -2.21. The number of ether oxygens (including phenoxy) is 2. The third kappa shape index (κ3) is 7.16. The first kappa shape index (κ1) is 24.5. The molecule has 0 aliphatic carbocycles. The molecule has 0 radical (unpaired) electrons. The normalized spacial score (nSPS) is 10.5. The Morgan fingerprint density at radius 3 is 2.45 bits per heavy atom. The van der Waals surface area contributed by atoms with Crippen molar-refractivity contribution in [3.8, 4) is 0 Å². The maximum atomic E-state index is 12.8. The second kappa shape index (κ2) is 12.2. The van der Waals surface area contributed by atoms with Crippen molar-refractivity contribution in [1.82, 2.24) is 4.98 Å². The number of anilines is 1. The Hall–Kier alpha value is -3.17. The van der Waals surface area contributed by atoms with Crippen LogP contribution in [-0.4, -0.2) is 42.6 Å². The molecule has 1 aromatic heterocycles. The van der Waals surface area contributed by atoms with E-state index >= 15 is 0 Å². The van der Waals surface area contributed by atoms with Crippen molar-refractivity contribution in [2.24, 2.45) is 0 Å². The Kier molecular flexibility index (Phi) is 9.03. The molecule has 2 aromatic carbocycles. The van der Waals surface area contributed by atoms with Crippen molar-refractivity contribution in [1.29, 1.82) is 0 Å². The molecule has 3 rings (SSSR count). The van der Waals surface area contributed by atoms with Crippen LogP contribution in [0.3, 0.4) is 0 Å². The van der Waals surface area contributed by atoms with Crippen LogP contribution in [0.5, 0.6) is 0 Å². The number of esters is 2. The van der Waals surface area contributed by atoms with Crippen LogP contribution in [0.1, 0.15) is 28.0 Å². The predicted octanol–water partition coefficient (Wildman–Crippen LogP) is 4.50. The zero-order valence-electron chi connectivity index (χ0n) is 18.4. The molecular weight excluding hydrogens is 460 g/mol. The monoisotopic (exact) mass is 484 g/mol. The van der Waals surface area contributed by atoms with Crippen LogP contribution < -0.4 is 4.90 Å². The van der Waals surface area contributed by atoms with Gasteiger partial charge in [0.1, 0.15) is 6.54 Å². The van der Waals surface area contributed by atoms with Crippen LogP contribution >= 0.6 is 23.1 Å². The molecule has 33 heavy (non-hydrogen) atoms. The van der Waals surface area contributed by atoms with E-state index in [0.29, 0.717) is 17.0 Å². The fraction of sp³-hybridized carbons (Fsp3) is 0.250. The Morgan fingerprint density at radius 2 is 1.76 bits per heavy atom. The molecule has 7 nitrogen and oxygen atoms in total. The first-order valence-corrected chi connectivity index (χ1v) is 12.2. The second-order valence-electron chi connectivity index (χ2n) is 6.84. The van der Waals surface area contributed by atoms with Gasteiger partial charge in [0.15, 0.2) is 6.61 Å². The maximum Gasteiger partial charge on any atom is 0.339 e. The van der Waals surface area contributed by atoms with E-state index in [1.165, 1.54) is 16.7 Å². The van der Waals surface area contributed by atoms with E-state index in [1.54, 1.807) is 60.7 Å². The number of amides is 1. The SMILES string of the molecule is CCOC(=O)CN(C(=O)COC(=O)c1ccccc1SCc1csc(C)n1)c1ccccc1. The van der Waals surface area contributed by atoms with Gasteiger partial charge in [0.05, 0.1) is 22.9 Å². The van der Waals surface area contributed by atoms with Crippen LogP contribution in [0.2, 0.25) is 0 Å². The van der Waals surface area contributed by atoms with Crippen molar-refractivity contribution in [3.63, 3.8) is 0 Å². The molecule has 0 aliphatic heterocycles. The summed E-state index contributed by atoms with van der Waals surface area (Å²) in [7, 11) is 0. The van der Waals surface area contributed by atoms with Gasteiger partial charge in [0, 0.05) is 21.7 Å². The summed E-state index contributed by atoms with van der Waals surface area (Å²) in [5, 5.41) is 2.98. The first-order valence-electron chi connectivity index (χ1n) is 10.3. The highest BCUT2D eigenvalue weighted by Gasteiger charge is 2.22. The number of aromatic nitrogens is 1. The molecular formula is C24H24N2O5S2. The number of nitrogens with zero attached hydrogens (tertiary/aromatic N) is 2. The number of hydrogen-bond donors (Lipinski definition) is 0. The van der Waals surface area contributed by atoms with E-state index in [9.17, 15) is 14.4 Å². The molecule has 0 bridgehead atoms. The average Bonchev–Trinajstić information content (AvgIpc) is 3.25. The number of carbonyl (C=O) groups excluding carboxylic acids is 3. The standard InChI is InChI=1S/C24H24N2O5S2/c1-3-30-23(28)13-26(19-9-5-4-6-10-19)22(27)14-31-24(29)20-11-7-8-12-21(20)33-16-18-15-32-17(2)25-18/h4-12,15H,3,13-14,16H2,1-2H3. The summed E-state index contributed by atoms with van der Waals surface area (Å²) >= 11 is 3.06. The maximum absolute atomic E-state index is 12.8. The minimum Gasteiger partial charge on any atom is -0.465 e. The molecule has 0 spiro atoms. The Bertz CT molecular complexity index is 1100. The molecule has 0 fully saturated rings. The summed E-state index contributed by atoms with van der Waals surface area (Å²) in [5.41, 5.74) is 1.83. The molecule has 1 amide bonds. The number of thioether (sulfide) groups is 1. The summed E-state index contributed by atoms with van der Waals surface area (Å²) in [4.78, 5) is 44.0. The van der Waals surface area contributed by atoms with Gasteiger partial charge < -0.3 is 9.47 Å². The minimum atomic E-state index is -0.606. The van der Waals surface area contributed by atoms with Crippen LogP contribution in [-0.2, 0) is 24.8 Å². The largest absolute Gasteiger partial charge is 0.465 e. The van der Waals surface area contributed by atoms with E-state index in [4.69, 9.17) is 9.47 Å². The number of para-hydroxylation sites is 1. The average molecular weight is 485 g/mol. The quantitative estimate of drug-likeness (QED) is 0.309. The summed E-state index contributed by atoms with van der Waals surface area (Å²) in [5.74, 6) is -1.05. The number of hydrogen-bond acceptors (Lipinski definition) is 8. The Balaban J connectivity index is 1.66. The lowest BCUT2D eigenvalue weighted by atomic mass is 10.2. The van der Waals surface area contributed by atoms with Crippen molar-refractivity contribution in [2.75, 3.05) is 24.7 Å². The van der Waals surface area contributed by atoms with E-state index in [1.807, 2.05) is 24.4 Å². The summed E-state index contributed by atoms with van der Waals surface area (Å²) < 4.78 is 10.3. The topological polar surface area (TPSA) is 85.8 Å². The van der Waals surface area contributed by atoms with Gasteiger partial charge in [-0.15, -0.1) is 23.1 Å². The van der Waals surface area contributed by atoms with Gasteiger partial charge in [-0.3, -0.25) is 14.5 Å². The van der Waals surface area contributed by atoms with Crippen molar-refractivity contribution in [3.05, 3.63) is 76.2 Å². The van der Waals surface area contributed by atoms with E-state index in [-0.39, 0.29) is 13.2 Å². The molecule has 0 saturated carbocycles. The smallest absolute Gasteiger partial charge is 0.339 e. The predicted molar refractivity (Wildman–Crippen MR) is 129 cm³/mol. The highest BCUT2D eigenvalue weighted by molar-refractivity contribution is 7.98. The number of aryl methyl sites for hydroxylation is 1. The second-order valence-corrected chi connectivity index (χ2v) is 8.92. The van der Waals surface area contributed by atoms with Crippen molar-refractivity contribution in [2.45, 2.75) is 24.5 Å². The number of carbonyl (C=O) groups is 3. The van der Waals surface area contributed by atoms with Crippen LogP contribution in [0.25, 0.3) is 0 Å². The number of rotatable bonds is 10. The van der Waals surface area contributed by atoms with Crippen LogP contribution in [0, 0.1) is 6.92 Å². The van der Waals surface area contributed by atoms with E-state index < -0.39 is 24.5 Å². The summed E-state index contributed by atoms with van der Waals surface area (Å²) in [6.45, 7) is 3.08. The zero-order valence-corrected chi connectivity index (χ0v) is 20.0. The molecule has 172 valence electrons. The van der Waals surface area contributed by atoms with Gasteiger partial charge in [-0.2, -0.15) is 0 Å². The molecule has 3 aromatic rings. The molecule has 0 saturated heterocycles. The molecule has 0 aliphatic rings.